The summed E-state index contributed by atoms with van der Waals surface area (Å²) in [4.78, 5) is 16.0. The summed E-state index contributed by atoms with van der Waals surface area (Å²) in [6, 6.07) is 3.96. The molecule has 0 N–H and O–H groups in total. The van der Waals surface area contributed by atoms with E-state index in [0.29, 0.717) is 13.2 Å². The monoisotopic (exact) mass is 266 g/mol. The van der Waals surface area contributed by atoms with Crippen LogP contribution in [0, 0.1) is 0 Å². The number of amides is 1. The number of nitrogens with zero attached hydrogens (tertiary/aromatic N) is 2. The average Bonchev–Trinajstić information content (AvgIpc) is 2.95. The van der Waals surface area contributed by atoms with E-state index in [1.54, 1.807) is 7.11 Å². The summed E-state index contributed by atoms with van der Waals surface area (Å²) in [5.41, 5.74) is 0. The molecule has 0 radical (unpaired) electrons. The lowest BCUT2D eigenvalue weighted by atomic mass is 10.1. The Morgan fingerprint density at radius 1 is 1.53 bits per heavy atom. The minimum atomic E-state index is 0.0815. The Labute approximate surface area is 114 Å². The van der Waals surface area contributed by atoms with E-state index >= 15 is 0 Å². The molecule has 0 unspecified atom stereocenters. The summed E-state index contributed by atoms with van der Waals surface area (Å²) in [6.45, 7) is 1.73. The quantitative estimate of drug-likeness (QED) is 0.813. The van der Waals surface area contributed by atoms with Gasteiger partial charge in [-0.2, -0.15) is 0 Å². The van der Waals surface area contributed by atoms with Crippen molar-refractivity contribution in [3.63, 3.8) is 0 Å². The molecule has 5 heteroatoms. The van der Waals surface area contributed by atoms with Crippen molar-refractivity contribution in [1.82, 2.24) is 9.80 Å². The first-order valence-corrected chi connectivity index (χ1v) is 6.63. The van der Waals surface area contributed by atoms with E-state index in [1.165, 1.54) is 0 Å². The summed E-state index contributed by atoms with van der Waals surface area (Å²) in [6.07, 6.45) is 2.00. The molecule has 1 atom stereocenters. The lowest BCUT2D eigenvalue weighted by Gasteiger charge is -2.24. The SMILES string of the molecule is COCc1ccc([C@H]2CCCN2C(=O)CN(C)C)o1. The Hall–Kier alpha value is -1.33. The second-order valence-electron chi connectivity index (χ2n) is 5.22. The topological polar surface area (TPSA) is 45.9 Å². The summed E-state index contributed by atoms with van der Waals surface area (Å²) in [5, 5.41) is 0. The van der Waals surface area contributed by atoms with Crippen LogP contribution in [0.2, 0.25) is 0 Å². The number of likely N-dealkylation sites (N-methyl/N-ethyl adjacent to an activating group) is 1. The van der Waals surface area contributed by atoms with Crippen molar-refractivity contribution in [2.24, 2.45) is 0 Å². The standard InChI is InChI=1S/C14H22N2O3/c1-15(2)9-14(17)16-8-4-5-12(16)13-7-6-11(19-13)10-18-3/h6-7,12H,4-5,8-10H2,1-3H3/t12-/m1/s1. The molecule has 19 heavy (non-hydrogen) atoms. The maximum atomic E-state index is 12.2. The first kappa shape index (κ1) is 14.1. The van der Waals surface area contributed by atoms with E-state index in [2.05, 4.69) is 0 Å². The zero-order chi connectivity index (χ0) is 13.8. The van der Waals surface area contributed by atoms with Crippen molar-refractivity contribution in [3.8, 4) is 0 Å². The van der Waals surface area contributed by atoms with Crippen LogP contribution in [0.5, 0.6) is 0 Å². The molecule has 1 aliphatic rings. The second-order valence-corrected chi connectivity index (χ2v) is 5.22. The first-order chi connectivity index (χ1) is 9.11. The number of carbonyl (C=O) groups is 1. The van der Waals surface area contributed by atoms with E-state index in [1.807, 2.05) is 36.0 Å². The fraction of sp³-hybridized carbons (Fsp3) is 0.643. The van der Waals surface area contributed by atoms with Gasteiger partial charge in [-0.1, -0.05) is 0 Å². The number of ether oxygens (including phenoxy) is 1. The Balaban J connectivity index is 2.06. The molecular weight excluding hydrogens is 244 g/mol. The summed E-state index contributed by atoms with van der Waals surface area (Å²) < 4.78 is 10.8. The molecule has 0 saturated carbocycles. The molecule has 1 aliphatic heterocycles. The van der Waals surface area contributed by atoms with Crippen LogP contribution >= 0.6 is 0 Å². The van der Waals surface area contributed by atoms with Gasteiger partial charge in [0.05, 0.1) is 12.6 Å². The van der Waals surface area contributed by atoms with E-state index < -0.39 is 0 Å². The molecular formula is C14H22N2O3. The van der Waals surface area contributed by atoms with Crippen molar-refractivity contribution in [2.45, 2.75) is 25.5 Å². The molecule has 106 valence electrons. The van der Waals surface area contributed by atoms with Crippen molar-refractivity contribution < 1.29 is 13.9 Å². The molecule has 5 nitrogen and oxygen atoms in total. The van der Waals surface area contributed by atoms with Crippen molar-refractivity contribution in [2.75, 3.05) is 34.3 Å². The van der Waals surface area contributed by atoms with Gasteiger partial charge in [-0.15, -0.1) is 0 Å². The highest BCUT2D eigenvalue weighted by Crippen LogP contribution is 2.33. The Morgan fingerprint density at radius 3 is 3.00 bits per heavy atom. The maximum Gasteiger partial charge on any atom is 0.237 e. The third kappa shape index (κ3) is 3.36. The minimum Gasteiger partial charge on any atom is -0.461 e. The minimum absolute atomic E-state index is 0.0815. The van der Waals surface area contributed by atoms with Gasteiger partial charge >= 0.3 is 0 Å². The van der Waals surface area contributed by atoms with Crippen LogP contribution in [-0.4, -0.2) is 50.0 Å². The Bertz CT molecular complexity index is 428. The van der Waals surface area contributed by atoms with Crippen molar-refractivity contribution in [1.29, 1.82) is 0 Å². The third-order valence-corrected chi connectivity index (χ3v) is 3.32. The molecule has 2 heterocycles. The van der Waals surface area contributed by atoms with Crippen LogP contribution in [0.1, 0.15) is 30.4 Å². The number of carbonyl (C=O) groups excluding carboxylic acids is 1. The normalized spacial score (nSPS) is 19.4. The first-order valence-electron chi connectivity index (χ1n) is 6.63. The molecule has 1 aromatic rings. The molecule has 0 spiro atoms. The van der Waals surface area contributed by atoms with Crippen molar-refractivity contribution in [3.05, 3.63) is 23.7 Å². The van der Waals surface area contributed by atoms with Crippen LogP contribution < -0.4 is 0 Å². The largest absolute Gasteiger partial charge is 0.461 e. The second kappa shape index (κ2) is 6.21. The highest BCUT2D eigenvalue weighted by atomic mass is 16.5. The predicted octanol–water partition coefficient (Wildman–Crippen LogP) is 1.65. The summed E-state index contributed by atoms with van der Waals surface area (Å²) in [7, 11) is 5.46. The van der Waals surface area contributed by atoms with Crippen LogP contribution in [0.25, 0.3) is 0 Å². The number of methoxy groups -OCH3 is 1. The summed E-state index contributed by atoms with van der Waals surface area (Å²) in [5.74, 6) is 1.85. The zero-order valence-corrected chi connectivity index (χ0v) is 11.9. The van der Waals surface area contributed by atoms with Crippen molar-refractivity contribution >= 4 is 5.91 Å². The van der Waals surface area contributed by atoms with Gasteiger partial charge < -0.3 is 19.0 Å². The van der Waals surface area contributed by atoms with E-state index in [-0.39, 0.29) is 11.9 Å². The van der Waals surface area contributed by atoms with Gasteiger partial charge in [0.2, 0.25) is 5.91 Å². The van der Waals surface area contributed by atoms with E-state index in [9.17, 15) is 4.79 Å². The Morgan fingerprint density at radius 2 is 2.32 bits per heavy atom. The molecule has 1 saturated heterocycles. The van der Waals surface area contributed by atoms with Gasteiger partial charge in [0.25, 0.3) is 0 Å². The van der Waals surface area contributed by atoms with Crippen LogP contribution in [0.3, 0.4) is 0 Å². The lowest BCUT2D eigenvalue weighted by Crippen LogP contribution is -2.37. The highest BCUT2D eigenvalue weighted by Gasteiger charge is 2.32. The highest BCUT2D eigenvalue weighted by molar-refractivity contribution is 5.79. The zero-order valence-electron chi connectivity index (χ0n) is 11.9. The van der Waals surface area contributed by atoms with E-state index in [4.69, 9.17) is 9.15 Å². The van der Waals surface area contributed by atoms with Gasteiger partial charge in [0, 0.05) is 13.7 Å². The molecule has 1 amide bonds. The molecule has 2 rings (SSSR count). The average molecular weight is 266 g/mol. The van der Waals surface area contributed by atoms with Gasteiger partial charge in [0.1, 0.15) is 18.1 Å². The van der Waals surface area contributed by atoms with Crippen LogP contribution in [-0.2, 0) is 16.1 Å². The third-order valence-electron chi connectivity index (χ3n) is 3.32. The lowest BCUT2D eigenvalue weighted by molar-refractivity contribution is -0.133. The van der Waals surface area contributed by atoms with Crippen LogP contribution in [0.15, 0.2) is 16.5 Å². The molecule has 0 bridgehead atoms. The smallest absolute Gasteiger partial charge is 0.237 e. The predicted molar refractivity (Wildman–Crippen MR) is 71.7 cm³/mol. The van der Waals surface area contributed by atoms with Gasteiger partial charge in [-0.3, -0.25) is 4.79 Å². The van der Waals surface area contributed by atoms with Gasteiger partial charge in [0.15, 0.2) is 0 Å². The molecule has 0 aliphatic carbocycles. The van der Waals surface area contributed by atoms with E-state index in [0.717, 1.165) is 30.9 Å². The number of hydrogen-bond donors (Lipinski definition) is 0. The van der Waals surface area contributed by atoms with Gasteiger partial charge in [-0.05, 0) is 39.1 Å². The molecule has 0 aromatic carbocycles. The fourth-order valence-electron chi connectivity index (χ4n) is 2.52. The summed E-state index contributed by atoms with van der Waals surface area (Å²) >= 11 is 0. The molecule has 1 fully saturated rings. The fourth-order valence-corrected chi connectivity index (χ4v) is 2.52. The van der Waals surface area contributed by atoms with Crippen LogP contribution in [0.4, 0.5) is 0 Å². The molecule has 1 aromatic heterocycles. The number of likely N-dealkylation sites (tertiary alicyclic amines) is 1. The van der Waals surface area contributed by atoms with Gasteiger partial charge in [-0.25, -0.2) is 0 Å². The number of furan rings is 1. The number of rotatable bonds is 5. The Kier molecular flexibility index (Phi) is 4.61. The number of hydrogen-bond acceptors (Lipinski definition) is 4. The maximum absolute atomic E-state index is 12.2.